The zero-order valence-electron chi connectivity index (χ0n) is 9.48. The van der Waals surface area contributed by atoms with E-state index < -0.39 is 0 Å². The molecule has 3 heterocycles. The number of hydrogen-bond acceptors (Lipinski definition) is 2. The number of anilines is 1. The maximum Gasteiger partial charge on any atom is 2.00 e. The summed E-state index contributed by atoms with van der Waals surface area (Å²) in [5.41, 5.74) is 4.75. The normalized spacial score (nSPS) is 18.4. The van der Waals surface area contributed by atoms with Gasteiger partial charge in [-0.25, -0.2) is 0 Å². The maximum absolute atomic E-state index is 3.30. The van der Waals surface area contributed by atoms with Crippen LogP contribution in [-0.4, -0.2) is 4.90 Å². The quantitative estimate of drug-likeness (QED) is 0.604. The zero-order chi connectivity index (χ0) is 11.2. The van der Waals surface area contributed by atoms with E-state index in [9.17, 15) is 0 Å². The van der Waals surface area contributed by atoms with Gasteiger partial charge in [-0.05, 0) is 18.4 Å². The fourth-order valence-electron chi connectivity index (χ4n) is 2.38. The van der Waals surface area contributed by atoms with Crippen LogP contribution in [0, 0.1) is 12.7 Å². The summed E-state index contributed by atoms with van der Waals surface area (Å²) in [6.07, 6.45) is 12.6. The summed E-state index contributed by atoms with van der Waals surface area (Å²) in [7, 11) is 0. The second kappa shape index (κ2) is 4.29. The average molecular weight is 413 g/mol. The molecule has 1 aromatic carbocycles. The molecule has 4 rings (SSSR count). The number of hydrogen-bond donors (Lipinski definition) is 0. The van der Waals surface area contributed by atoms with Gasteiger partial charge < -0.3 is 9.80 Å². The summed E-state index contributed by atoms with van der Waals surface area (Å²) in [4.78, 5) is 4.32. The molecule has 2 nitrogen and oxygen atoms in total. The van der Waals surface area contributed by atoms with Gasteiger partial charge in [-0.2, -0.15) is 24.3 Å². The molecular weight excluding hydrogens is 403 g/mol. The number of fused-ring (bicyclic) bond motifs is 4. The topological polar surface area (TPSA) is 6.48 Å². The predicted molar refractivity (Wildman–Crippen MR) is 68.2 cm³/mol. The first kappa shape index (κ1) is 11.6. The Bertz CT molecular complexity index is 611. The molecule has 0 amide bonds. The predicted octanol–water partition coefficient (Wildman–Crippen LogP) is 3.05. The van der Waals surface area contributed by atoms with Crippen LogP contribution >= 0.6 is 0 Å². The Balaban J connectivity index is 0.000001000. The van der Waals surface area contributed by atoms with Gasteiger partial charge in [0.2, 0.25) is 0 Å². The second-order valence-corrected chi connectivity index (χ2v) is 4.17. The van der Waals surface area contributed by atoms with Crippen LogP contribution in [0.4, 0.5) is 5.69 Å². The van der Waals surface area contributed by atoms with Crippen molar-refractivity contribution in [3.63, 3.8) is 0 Å². The molecule has 3 heteroatoms. The van der Waals surface area contributed by atoms with Crippen molar-refractivity contribution in [2.45, 2.75) is 0 Å². The molecular formula is C15H10N2Pt. The Labute approximate surface area is 121 Å². The van der Waals surface area contributed by atoms with E-state index in [-0.39, 0.29) is 21.1 Å². The van der Waals surface area contributed by atoms with Gasteiger partial charge in [0.15, 0.2) is 0 Å². The first-order chi connectivity index (χ1) is 8.43. The maximum atomic E-state index is 3.30. The fraction of sp³-hybridized carbons (Fsp3) is 0. The number of benzene rings is 1. The van der Waals surface area contributed by atoms with Crippen molar-refractivity contribution in [2.24, 2.45) is 0 Å². The molecule has 3 aliphatic rings. The van der Waals surface area contributed by atoms with E-state index in [2.05, 4.69) is 59.1 Å². The Morgan fingerprint density at radius 2 is 2.00 bits per heavy atom. The van der Waals surface area contributed by atoms with Gasteiger partial charge in [0, 0.05) is 11.4 Å². The van der Waals surface area contributed by atoms with Crippen molar-refractivity contribution in [1.82, 2.24) is 4.90 Å². The van der Waals surface area contributed by atoms with E-state index >= 15 is 0 Å². The van der Waals surface area contributed by atoms with Gasteiger partial charge in [0.25, 0.3) is 0 Å². The molecule has 1 aromatic rings. The van der Waals surface area contributed by atoms with Crippen LogP contribution in [0.15, 0.2) is 60.1 Å². The molecule has 0 radical (unpaired) electrons. The summed E-state index contributed by atoms with van der Waals surface area (Å²) >= 11 is 0. The first-order valence-electron chi connectivity index (χ1n) is 5.64. The third-order valence-corrected chi connectivity index (χ3v) is 3.18. The van der Waals surface area contributed by atoms with Gasteiger partial charge >= 0.3 is 21.1 Å². The summed E-state index contributed by atoms with van der Waals surface area (Å²) in [6, 6.07) is 9.39. The standard InChI is InChI=1S/C15H10N2.Pt/c1-2-6-13-12(5-1)8-9-15-14-7-3-4-10-16(14)11-17(13)15;/h1-5,7-11H;/q-2;+2. The van der Waals surface area contributed by atoms with E-state index in [4.69, 9.17) is 0 Å². The van der Waals surface area contributed by atoms with Crippen LogP contribution < -0.4 is 4.90 Å². The molecule has 3 aliphatic heterocycles. The molecule has 90 valence electrons. The van der Waals surface area contributed by atoms with Gasteiger partial charge in [-0.1, -0.05) is 17.8 Å². The first-order valence-corrected chi connectivity index (χ1v) is 5.64. The molecule has 0 saturated heterocycles. The number of nitrogens with zero attached hydrogens (tertiary/aromatic N) is 2. The van der Waals surface area contributed by atoms with E-state index in [0.717, 1.165) is 5.69 Å². The fourth-order valence-corrected chi connectivity index (χ4v) is 2.38. The smallest absolute Gasteiger partial charge is 0.493 e. The van der Waals surface area contributed by atoms with Crippen LogP contribution in [0.1, 0.15) is 5.56 Å². The molecule has 0 fully saturated rings. The summed E-state index contributed by atoms with van der Waals surface area (Å²) in [5, 5.41) is 0. The van der Waals surface area contributed by atoms with E-state index in [0.29, 0.717) is 0 Å². The number of rotatable bonds is 0. The second-order valence-electron chi connectivity index (χ2n) is 4.17. The van der Waals surface area contributed by atoms with Crippen LogP contribution in [0.2, 0.25) is 0 Å². The van der Waals surface area contributed by atoms with Crippen LogP contribution in [-0.2, 0) is 21.1 Å². The third-order valence-electron chi connectivity index (χ3n) is 3.18. The van der Waals surface area contributed by atoms with Crippen LogP contribution in [0.5, 0.6) is 0 Å². The molecule has 0 spiro atoms. The minimum atomic E-state index is 0. The number of para-hydroxylation sites is 1. The van der Waals surface area contributed by atoms with Crippen molar-refractivity contribution in [2.75, 3.05) is 4.90 Å². The van der Waals surface area contributed by atoms with Gasteiger partial charge in [0.05, 0.1) is 0 Å². The van der Waals surface area contributed by atoms with E-state index in [1.54, 1.807) is 0 Å². The summed E-state index contributed by atoms with van der Waals surface area (Å²) < 4.78 is 0. The molecule has 0 N–H and O–H groups in total. The van der Waals surface area contributed by atoms with Gasteiger partial charge in [-0.15, -0.1) is 18.3 Å². The summed E-state index contributed by atoms with van der Waals surface area (Å²) in [5.74, 6) is 0. The Morgan fingerprint density at radius 3 is 2.94 bits per heavy atom. The van der Waals surface area contributed by atoms with Gasteiger partial charge in [0.1, 0.15) is 0 Å². The molecule has 0 unspecified atom stereocenters. The van der Waals surface area contributed by atoms with Gasteiger partial charge in [-0.3, -0.25) is 0 Å². The van der Waals surface area contributed by atoms with Crippen molar-refractivity contribution in [3.8, 4) is 0 Å². The Hall–Kier alpha value is -1.53. The van der Waals surface area contributed by atoms with Crippen LogP contribution in [0.3, 0.4) is 0 Å². The SMILES string of the molecule is [Pt+2].[c-]1cccc2c1N1[CH-]N3C=CC=CC3=C1C=C2. The molecule has 0 atom stereocenters. The van der Waals surface area contributed by atoms with E-state index in [1.807, 2.05) is 18.2 Å². The largest absolute Gasteiger partial charge is 2.00 e. The zero-order valence-corrected chi connectivity index (χ0v) is 11.8. The Kier molecular flexibility index (Phi) is 2.75. The molecule has 0 saturated carbocycles. The minimum absolute atomic E-state index is 0. The molecule has 18 heavy (non-hydrogen) atoms. The number of allylic oxidation sites excluding steroid dienone is 4. The van der Waals surface area contributed by atoms with Crippen molar-refractivity contribution in [1.29, 1.82) is 0 Å². The van der Waals surface area contributed by atoms with E-state index in [1.165, 1.54) is 17.0 Å². The van der Waals surface area contributed by atoms with Crippen LogP contribution in [0.25, 0.3) is 6.08 Å². The minimum Gasteiger partial charge on any atom is -0.493 e. The molecule has 0 bridgehead atoms. The summed E-state index contributed by atoms with van der Waals surface area (Å²) in [6.45, 7) is 2.10. The van der Waals surface area contributed by atoms with Crippen molar-refractivity contribution >= 4 is 11.8 Å². The third kappa shape index (κ3) is 1.53. The molecule has 0 aromatic heterocycles. The molecule has 0 aliphatic carbocycles. The Morgan fingerprint density at radius 1 is 1.06 bits per heavy atom. The van der Waals surface area contributed by atoms with Crippen molar-refractivity contribution in [3.05, 3.63) is 78.4 Å². The average Bonchev–Trinajstić information content (AvgIpc) is 2.78. The monoisotopic (exact) mass is 413 g/mol. The van der Waals surface area contributed by atoms with Crippen molar-refractivity contribution < 1.29 is 21.1 Å².